The zero-order valence-electron chi connectivity index (χ0n) is 23.5. The number of amides is 3. The third-order valence-corrected chi connectivity index (χ3v) is 7.96. The van der Waals surface area contributed by atoms with Gasteiger partial charge in [0.05, 0.1) is 6.04 Å². The van der Waals surface area contributed by atoms with Gasteiger partial charge in [-0.15, -0.1) is 0 Å². The van der Waals surface area contributed by atoms with Crippen LogP contribution in [-0.2, 0) is 32.0 Å². The maximum Gasteiger partial charge on any atom is 0.326 e. The van der Waals surface area contributed by atoms with E-state index in [1.165, 1.54) is 4.90 Å². The largest absolute Gasteiger partial charge is 0.480 e. The van der Waals surface area contributed by atoms with Gasteiger partial charge in [0.15, 0.2) is 0 Å². The van der Waals surface area contributed by atoms with Crippen LogP contribution in [-0.4, -0.2) is 69.4 Å². The van der Waals surface area contributed by atoms with Gasteiger partial charge in [0, 0.05) is 30.1 Å². The minimum atomic E-state index is -1.06. The SMILES string of the molecule is CCC(C)C(NC(=O)C(N)Cc1c[nH]c2ccccc12)C(=O)NC(Cc1ccccc1)C(=O)N1CCCC1C(=O)O. The number of benzene rings is 2. The molecule has 41 heavy (non-hydrogen) atoms. The molecule has 1 fully saturated rings. The van der Waals surface area contributed by atoms with E-state index in [1.807, 2.05) is 74.6 Å². The van der Waals surface area contributed by atoms with Gasteiger partial charge < -0.3 is 31.4 Å². The average molecular weight is 562 g/mol. The molecule has 218 valence electrons. The van der Waals surface area contributed by atoms with E-state index in [-0.39, 0.29) is 18.8 Å². The van der Waals surface area contributed by atoms with E-state index in [1.54, 1.807) is 0 Å². The molecule has 10 nitrogen and oxygen atoms in total. The van der Waals surface area contributed by atoms with Crippen molar-refractivity contribution in [1.82, 2.24) is 20.5 Å². The van der Waals surface area contributed by atoms with Gasteiger partial charge in [-0.1, -0.05) is 68.8 Å². The van der Waals surface area contributed by atoms with Crippen LogP contribution in [0.15, 0.2) is 60.8 Å². The molecule has 0 bridgehead atoms. The molecule has 0 saturated carbocycles. The topological polar surface area (TPSA) is 158 Å². The Morgan fingerprint density at radius 3 is 2.44 bits per heavy atom. The molecule has 1 saturated heterocycles. The molecule has 10 heteroatoms. The van der Waals surface area contributed by atoms with Gasteiger partial charge in [-0.3, -0.25) is 14.4 Å². The standard InChI is InChI=1S/C31H39N5O5/c1-3-19(2)27(35-28(37)23(32)17-21-18-33-24-13-8-7-12-22(21)24)29(38)34-25(16-20-10-5-4-6-11-20)30(39)36-15-9-14-26(36)31(40)41/h4-8,10-13,18-19,23,25-27,33H,3,9,14-17,32H2,1-2H3,(H,34,38)(H,35,37)(H,40,41). The smallest absolute Gasteiger partial charge is 0.326 e. The predicted molar refractivity (Wildman–Crippen MR) is 156 cm³/mol. The molecule has 0 spiro atoms. The molecule has 5 atom stereocenters. The van der Waals surface area contributed by atoms with E-state index in [4.69, 9.17) is 5.73 Å². The summed E-state index contributed by atoms with van der Waals surface area (Å²) in [6.07, 6.45) is 3.85. The monoisotopic (exact) mass is 561 g/mol. The number of hydrogen-bond donors (Lipinski definition) is 5. The number of nitrogens with two attached hydrogens (primary N) is 1. The number of nitrogens with one attached hydrogen (secondary N) is 3. The third-order valence-electron chi connectivity index (χ3n) is 7.96. The number of carboxylic acids is 1. The van der Waals surface area contributed by atoms with Crippen molar-refractivity contribution in [3.63, 3.8) is 0 Å². The van der Waals surface area contributed by atoms with Crippen molar-refractivity contribution in [3.8, 4) is 0 Å². The van der Waals surface area contributed by atoms with Gasteiger partial charge in [-0.2, -0.15) is 0 Å². The Morgan fingerprint density at radius 2 is 1.73 bits per heavy atom. The second kappa shape index (κ2) is 13.5. The Labute approximate surface area is 239 Å². The number of para-hydroxylation sites is 1. The molecular weight excluding hydrogens is 522 g/mol. The fourth-order valence-electron chi connectivity index (χ4n) is 5.39. The molecule has 0 radical (unpaired) electrons. The lowest BCUT2D eigenvalue weighted by Gasteiger charge is -2.30. The first-order valence-corrected chi connectivity index (χ1v) is 14.2. The summed E-state index contributed by atoms with van der Waals surface area (Å²) in [5.41, 5.74) is 8.97. The molecule has 3 aromatic rings. The number of aromatic nitrogens is 1. The highest BCUT2D eigenvalue weighted by molar-refractivity contribution is 5.95. The normalized spacial score (nSPS) is 17.9. The summed E-state index contributed by atoms with van der Waals surface area (Å²) in [5.74, 6) is -2.73. The van der Waals surface area contributed by atoms with Crippen LogP contribution in [0, 0.1) is 5.92 Å². The second-order valence-electron chi connectivity index (χ2n) is 10.8. The Morgan fingerprint density at radius 1 is 1.02 bits per heavy atom. The van der Waals surface area contributed by atoms with E-state index in [9.17, 15) is 24.3 Å². The highest BCUT2D eigenvalue weighted by Crippen LogP contribution is 2.21. The molecular formula is C31H39N5O5. The summed E-state index contributed by atoms with van der Waals surface area (Å²) in [4.78, 5) is 56.8. The number of aromatic amines is 1. The maximum atomic E-state index is 13.7. The van der Waals surface area contributed by atoms with Gasteiger partial charge in [-0.05, 0) is 42.4 Å². The van der Waals surface area contributed by atoms with Crippen molar-refractivity contribution in [2.75, 3.05) is 6.54 Å². The van der Waals surface area contributed by atoms with E-state index >= 15 is 0 Å². The van der Waals surface area contributed by atoms with Crippen molar-refractivity contribution in [1.29, 1.82) is 0 Å². The Kier molecular flexibility index (Phi) is 9.78. The number of carboxylic acid groups (broad SMARTS) is 1. The first-order chi connectivity index (χ1) is 19.7. The van der Waals surface area contributed by atoms with Crippen LogP contribution in [0.4, 0.5) is 0 Å². The highest BCUT2D eigenvalue weighted by atomic mass is 16.4. The van der Waals surface area contributed by atoms with Crippen LogP contribution >= 0.6 is 0 Å². The van der Waals surface area contributed by atoms with E-state index in [0.717, 1.165) is 22.0 Å². The van der Waals surface area contributed by atoms with Crippen LogP contribution in [0.1, 0.15) is 44.2 Å². The van der Waals surface area contributed by atoms with Gasteiger partial charge in [0.1, 0.15) is 18.1 Å². The quantitative estimate of drug-likeness (QED) is 0.228. The van der Waals surface area contributed by atoms with E-state index < -0.39 is 47.9 Å². The lowest BCUT2D eigenvalue weighted by Crippen LogP contribution is -2.59. The van der Waals surface area contributed by atoms with Crippen LogP contribution in [0.5, 0.6) is 0 Å². The fraction of sp³-hybridized carbons (Fsp3) is 0.419. The Balaban J connectivity index is 1.50. The van der Waals surface area contributed by atoms with Crippen LogP contribution in [0.2, 0.25) is 0 Å². The molecule has 1 aromatic heterocycles. The van der Waals surface area contributed by atoms with Crippen molar-refractivity contribution in [2.24, 2.45) is 11.7 Å². The lowest BCUT2D eigenvalue weighted by atomic mass is 9.96. The number of hydrogen-bond acceptors (Lipinski definition) is 5. The number of carbonyl (C=O) groups is 4. The molecule has 0 aliphatic carbocycles. The average Bonchev–Trinajstić information content (AvgIpc) is 3.63. The minimum absolute atomic E-state index is 0.190. The Bertz CT molecular complexity index is 1370. The van der Waals surface area contributed by atoms with Crippen molar-refractivity contribution >= 4 is 34.6 Å². The zero-order valence-corrected chi connectivity index (χ0v) is 23.5. The van der Waals surface area contributed by atoms with Crippen LogP contribution < -0.4 is 16.4 Å². The maximum absolute atomic E-state index is 13.7. The van der Waals surface area contributed by atoms with Crippen LogP contribution in [0.25, 0.3) is 10.9 Å². The molecule has 3 amide bonds. The molecule has 5 unspecified atom stereocenters. The number of fused-ring (bicyclic) bond motifs is 1. The first kappa shape index (κ1) is 29.8. The zero-order chi connectivity index (χ0) is 29.5. The van der Waals surface area contributed by atoms with Gasteiger partial charge in [-0.25, -0.2) is 4.79 Å². The Hall–Kier alpha value is -4.18. The van der Waals surface area contributed by atoms with Gasteiger partial charge >= 0.3 is 5.97 Å². The summed E-state index contributed by atoms with van der Waals surface area (Å²) in [7, 11) is 0. The summed E-state index contributed by atoms with van der Waals surface area (Å²) >= 11 is 0. The molecule has 1 aliphatic heterocycles. The van der Waals surface area contributed by atoms with E-state index in [2.05, 4.69) is 15.6 Å². The second-order valence-corrected chi connectivity index (χ2v) is 10.8. The van der Waals surface area contributed by atoms with Crippen molar-refractivity contribution < 1.29 is 24.3 Å². The molecule has 4 rings (SSSR count). The van der Waals surface area contributed by atoms with Gasteiger partial charge in [0.2, 0.25) is 17.7 Å². The predicted octanol–water partition coefficient (Wildman–Crippen LogP) is 2.37. The number of rotatable bonds is 12. The highest BCUT2D eigenvalue weighted by Gasteiger charge is 2.39. The third kappa shape index (κ3) is 7.13. The van der Waals surface area contributed by atoms with Crippen LogP contribution in [0.3, 0.4) is 0 Å². The molecule has 1 aliphatic rings. The summed E-state index contributed by atoms with van der Waals surface area (Å²) < 4.78 is 0. The summed E-state index contributed by atoms with van der Waals surface area (Å²) in [6.45, 7) is 4.08. The lowest BCUT2D eigenvalue weighted by molar-refractivity contribution is -0.149. The number of carbonyl (C=O) groups excluding carboxylic acids is 3. The summed E-state index contributed by atoms with van der Waals surface area (Å²) in [6, 6.07) is 13.2. The molecule has 2 aromatic carbocycles. The fourth-order valence-corrected chi connectivity index (χ4v) is 5.39. The van der Waals surface area contributed by atoms with Gasteiger partial charge in [0.25, 0.3) is 0 Å². The minimum Gasteiger partial charge on any atom is -0.480 e. The van der Waals surface area contributed by atoms with Crippen molar-refractivity contribution in [2.45, 2.75) is 70.1 Å². The first-order valence-electron chi connectivity index (χ1n) is 14.2. The molecule has 6 N–H and O–H groups in total. The molecule has 2 heterocycles. The number of nitrogens with zero attached hydrogens (tertiary/aromatic N) is 1. The summed E-state index contributed by atoms with van der Waals surface area (Å²) in [5, 5.41) is 16.3. The number of likely N-dealkylation sites (tertiary alicyclic amines) is 1. The number of aliphatic carboxylic acids is 1. The van der Waals surface area contributed by atoms with Crippen molar-refractivity contribution in [3.05, 3.63) is 71.9 Å². The van der Waals surface area contributed by atoms with E-state index in [0.29, 0.717) is 25.8 Å². The number of H-pyrrole nitrogens is 1.